The van der Waals surface area contributed by atoms with Crippen LogP contribution in [0.2, 0.25) is 0 Å². The molecule has 0 bridgehead atoms. The maximum atomic E-state index is 13.0. The Labute approximate surface area is 191 Å². The number of hydrogen-bond acceptors (Lipinski definition) is 4. The van der Waals surface area contributed by atoms with E-state index in [-0.39, 0.29) is 29.3 Å². The van der Waals surface area contributed by atoms with Gasteiger partial charge in [-0.3, -0.25) is 4.79 Å². The van der Waals surface area contributed by atoms with Gasteiger partial charge in [-0.1, -0.05) is 29.8 Å². The molecule has 8 heteroatoms. The van der Waals surface area contributed by atoms with Crippen LogP contribution in [-0.2, 0) is 10.0 Å². The van der Waals surface area contributed by atoms with Gasteiger partial charge in [0.15, 0.2) is 0 Å². The molecule has 31 heavy (non-hydrogen) atoms. The summed E-state index contributed by atoms with van der Waals surface area (Å²) in [6.45, 7) is 9.20. The van der Waals surface area contributed by atoms with Crippen molar-refractivity contribution >= 4 is 28.3 Å². The number of rotatable bonds is 5. The van der Waals surface area contributed by atoms with Crippen LogP contribution >= 0.6 is 12.4 Å². The minimum Gasteiger partial charge on any atom is -0.349 e. The summed E-state index contributed by atoms with van der Waals surface area (Å²) < 4.78 is 28.7. The van der Waals surface area contributed by atoms with Crippen molar-refractivity contribution in [2.45, 2.75) is 57.0 Å². The van der Waals surface area contributed by atoms with Gasteiger partial charge in [-0.2, -0.15) is 0 Å². The maximum Gasteiger partial charge on any atom is 0.251 e. The quantitative estimate of drug-likeness (QED) is 0.629. The first-order chi connectivity index (χ1) is 14.0. The number of carbonyl (C=O) groups is 1. The summed E-state index contributed by atoms with van der Waals surface area (Å²) in [7, 11) is -3.69. The number of hydrogen-bond donors (Lipinski definition) is 3. The number of benzene rings is 2. The van der Waals surface area contributed by atoms with Crippen molar-refractivity contribution in [3.8, 4) is 11.1 Å². The summed E-state index contributed by atoms with van der Waals surface area (Å²) in [6.07, 6.45) is 1.85. The second-order valence-electron chi connectivity index (χ2n) is 8.93. The molecule has 3 rings (SSSR count). The van der Waals surface area contributed by atoms with E-state index < -0.39 is 15.6 Å². The lowest BCUT2D eigenvalue weighted by molar-refractivity contribution is 0.0929. The second kappa shape index (κ2) is 10.1. The fourth-order valence-electron chi connectivity index (χ4n) is 3.60. The highest BCUT2D eigenvalue weighted by atomic mass is 35.5. The first-order valence-corrected chi connectivity index (χ1v) is 11.8. The van der Waals surface area contributed by atoms with Gasteiger partial charge in [0.25, 0.3) is 5.91 Å². The van der Waals surface area contributed by atoms with Crippen LogP contribution < -0.4 is 15.4 Å². The normalized spacial score (nSPS) is 15.2. The zero-order valence-electron chi connectivity index (χ0n) is 18.5. The molecular weight excluding hydrogens is 434 g/mol. The lowest BCUT2D eigenvalue weighted by Gasteiger charge is -2.23. The number of piperidine rings is 1. The Hall–Kier alpha value is -1.93. The lowest BCUT2D eigenvalue weighted by atomic mass is 10.0. The Morgan fingerprint density at radius 1 is 1.03 bits per heavy atom. The van der Waals surface area contributed by atoms with Gasteiger partial charge in [0, 0.05) is 22.7 Å². The van der Waals surface area contributed by atoms with E-state index >= 15 is 0 Å². The van der Waals surface area contributed by atoms with Gasteiger partial charge >= 0.3 is 0 Å². The summed E-state index contributed by atoms with van der Waals surface area (Å²) in [6, 6.07) is 12.6. The van der Waals surface area contributed by atoms with E-state index in [9.17, 15) is 13.2 Å². The van der Waals surface area contributed by atoms with Crippen LogP contribution in [0.3, 0.4) is 0 Å². The molecule has 0 saturated carbocycles. The van der Waals surface area contributed by atoms with Crippen LogP contribution in [0.15, 0.2) is 47.4 Å². The van der Waals surface area contributed by atoms with E-state index in [0.717, 1.165) is 37.1 Å². The van der Waals surface area contributed by atoms with Crippen LogP contribution in [-0.4, -0.2) is 39.0 Å². The minimum absolute atomic E-state index is 0. The average molecular weight is 466 g/mol. The van der Waals surface area contributed by atoms with Crippen molar-refractivity contribution in [1.29, 1.82) is 0 Å². The smallest absolute Gasteiger partial charge is 0.251 e. The zero-order chi connectivity index (χ0) is 21.9. The van der Waals surface area contributed by atoms with Crippen LogP contribution in [0, 0.1) is 6.92 Å². The molecule has 0 radical (unpaired) electrons. The second-order valence-corrected chi connectivity index (χ2v) is 10.6. The molecule has 2 aromatic rings. The summed E-state index contributed by atoms with van der Waals surface area (Å²) in [4.78, 5) is 12.8. The molecule has 1 fully saturated rings. The zero-order valence-corrected chi connectivity index (χ0v) is 20.1. The number of nitrogens with one attached hydrogen (secondary N) is 3. The highest BCUT2D eigenvalue weighted by Crippen LogP contribution is 2.29. The van der Waals surface area contributed by atoms with Crippen molar-refractivity contribution in [2.24, 2.45) is 0 Å². The molecule has 1 saturated heterocycles. The van der Waals surface area contributed by atoms with E-state index in [1.54, 1.807) is 24.3 Å². The molecular formula is C23H32ClN3O3S. The molecule has 1 heterocycles. The molecule has 1 aliphatic rings. The Morgan fingerprint density at radius 3 is 2.23 bits per heavy atom. The van der Waals surface area contributed by atoms with E-state index in [4.69, 9.17) is 0 Å². The predicted octanol–water partition coefficient (Wildman–Crippen LogP) is 3.64. The molecule has 6 nitrogen and oxygen atoms in total. The molecule has 170 valence electrons. The highest BCUT2D eigenvalue weighted by molar-refractivity contribution is 7.89. The molecule has 0 aliphatic carbocycles. The monoisotopic (exact) mass is 465 g/mol. The average Bonchev–Trinajstić information content (AvgIpc) is 2.67. The van der Waals surface area contributed by atoms with Gasteiger partial charge in [-0.15, -0.1) is 12.4 Å². The molecule has 3 N–H and O–H groups in total. The third-order valence-electron chi connectivity index (χ3n) is 5.00. The van der Waals surface area contributed by atoms with Crippen LogP contribution in [0.1, 0.15) is 49.5 Å². The highest BCUT2D eigenvalue weighted by Gasteiger charge is 2.25. The SMILES string of the molecule is Cc1ccc(S(=O)(=O)NC(C)(C)C)c(-c2ccc(C(=O)NC3CCNCC3)cc2)c1.Cl. The Bertz CT molecular complexity index is 1010. The van der Waals surface area contributed by atoms with E-state index in [1.807, 2.05) is 45.9 Å². The summed E-state index contributed by atoms with van der Waals surface area (Å²) in [5.74, 6) is -0.0973. The molecule has 0 aromatic heterocycles. The predicted molar refractivity (Wildman–Crippen MR) is 127 cm³/mol. The molecule has 1 amide bonds. The van der Waals surface area contributed by atoms with Gasteiger partial charge in [0.05, 0.1) is 4.90 Å². The molecule has 0 unspecified atom stereocenters. The van der Waals surface area contributed by atoms with Crippen LogP contribution in [0.5, 0.6) is 0 Å². The van der Waals surface area contributed by atoms with Gasteiger partial charge < -0.3 is 10.6 Å². The number of aryl methyl sites for hydroxylation is 1. The van der Waals surface area contributed by atoms with Crippen molar-refractivity contribution in [1.82, 2.24) is 15.4 Å². The van der Waals surface area contributed by atoms with E-state index in [1.165, 1.54) is 0 Å². The largest absolute Gasteiger partial charge is 0.349 e. The molecule has 0 atom stereocenters. The molecule has 0 spiro atoms. The van der Waals surface area contributed by atoms with Crippen molar-refractivity contribution in [3.63, 3.8) is 0 Å². The van der Waals surface area contributed by atoms with Gasteiger partial charge in [0.2, 0.25) is 10.0 Å². The summed E-state index contributed by atoms with van der Waals surface area (Å²) in [5.41, 5.74) is 2.33. The third-order valence-corrected chi connectivity index (χ3v) is 6.81. The first-order valence-electron chi connectivity index (χ1n) is 10.3. The standard InChI is InChI=1S/C23H31N3O3S.ClH/c1-16-5-10-21(30(28,29)26-23(2,3)4)20(15-16)17-6-8-18(9-7-17)22(27)25-19-11-13-24-14-12-19;/h5-10,15,19,24,26H,11-14H2,1-4H3,(H,25,27);1H. The molecule has 2 aromatic carbocycles. The number of amides is 1. The van der Waals surface area contributed by atoms with Crippen molar-refractivity contribution in [2.75, 3.05) is 13.1 Å². The number of halogens is 1. The van der Waals surface area contributed by atoms with E-state index in [2.05, 4.69) is 15.4 Å². The van der Waals surface area contributed by atoms with Crippen LogP contribution in [0.4, 0.5) is 0 Å². The Kier molecular flexibility index (Phi) is 8.27. The molecule has 1 aliphatic heterocycles. The topological polar surface area (TPSA) is 87.3 Å². The summed E-state index contributed by atoms with van der Waals surface area (Å²) >= 11 is 0. The minimum atomic E-state index is -3.69. The van der Waals surface area contributed by atoms with Crippen LogP contribution in [0.25, 0.3) is 11.1 Å². The van der Waals surface area contributed by atoms with Gasteiger partial charge in [-0.25, -0.2) is 13.1 Å². The van der Waals surface area contributed by atoms with Gasteiger partial charge in [-0.05, 0) is 77.4 Å². The van der Waals surface area contributed by atoms with E-state index in [0.29, 0.717) is 11.1 Å². The number of carbonyl (C=O) groups excluding carboxylic acids is 1. The summed E-state index contributed by atoms with van der Waals surface area (Å²) in [5, 5.41) is 6.36. The van der Waals surface area contributed by atoms with Crippen molar-refractivity contribution < 1.29 is 13.2 Å². The number of sulfonamides is 1. The Balaban J connectivity index is 0.00000341. The maximum absolute atomic E-state index is 13.0. The first kappa shape index (κ1) is 25.3. The fraction of sp³-hybridized carbons (Fsp3) is 0.435. The Morgan fingerprint density at radius 2 is 1.65 bits per heavy atom. The van der Waals surface area contributed by atoms with Gasteiger partial charge in [0.1, 0.15) is 0 Å². The third kappa shape index (κ3) is 6.77. The van der Waals surface area contributed by atoms with Crippen molar-refractivity contribution in [3.05, 3.63) is 53.6 Å². The lowest BCUT2D eigenvalue weighted by Crippen LogP contribution is -2.42. The fourth-order valence-corrected chi connectivity index (χ4v) is 5.23.